The highest BCUT2D eigenvalue weighted by molar-refractivity contribution is 6.32. The number of halogens is 1. The van der Waals surface area contributed by atoms with Crippen molar-refractivity contribution in [3.05, 3.63) is 28.8 Å². The number of phenolic OH excluding ortho intramolecular Hbond substituents is 1. The highest BCUT2D eigenvalue weighted by atomic mass is 35.5. The molecule has 1 rings (SSSR count). The molecular formula is C11H14ClNO. The molecule has 0 atom stereocenters. The molecule has 0 heterocycles. The first-order valence-electron chi connectivity index (χ1n) is 4.72. The quantitative estimate of drug-likeness (QED) is 0.602. The van der Waals surface area contributed by atoms with Crippen LogP contribution < -0.4 is 0 Å². The van der Waals surface area contributed by atoms with Crippen molar-refractivity contribution in [1.82, 2.24) is 0 Å². The predicted molar refractivity (Wildman–Crippen MR) is 60.5 cm³/mol. The topological polar surface area (TPSA) is 32.6 Å². The maximum absolute atomic E-state index is 9.18. The van der Waals surface area contributed by atoms with Crippen LogP contribution >= 0.6 is 11.6 Å². The number of hydrogen-bond acceptors (Lipinski definition) is 2. The third-order valence-corrected chi connectivity index (χ3v) is 2.16. The number of rotatable bonds is 4. The summed E-state index contributed by atoms with van der Waals surface area (Å²) in [6, 6.07) is 5.06. The summed E-state index contributed by atoms with van der Waals surface area (Å²) in [6.45, 7) is 2.97. The van der Waals surface area contributed by atoms with Crippen LogP contribution in [0, 0.1) is 0 Å². The lowest BCUT2D eigenvalue weighted by Crippen LogP contribution is -1.84. The Morgan fingerprint density at radius 3 is 2.93 bits per heavy atom. The van der Waals surface area contributed by atoms with Crippen LogP contribution in [0.4, 0.5) is 0 Å². The second-order valence-corrected chi connectivity index (χ2v) is 3.51. The molecule has 0 fully saturated rings. The first-order valence-corrected chi connectivity index (χ1v) is 5.10. The van der Waals surface area contributed by atoms with Crippen LogP contribution in [0.5, 0.6) is 5.75 Å². The predicted octanol–water partition coefficient (Wildman–Crippen LogP) is 3.26. The summed E-state index contributed by atoms with van der Waals surface area (Å²) in [6.07, 6.45) is 4.02. The molecule has 76 valence electrons. The Hall–Kier alpha value is -1.02. The average Bonchev–Trinajstić information content (AvgIpc) is 2.18. The zero-order valence-corrected chi connectivity index (χ0v) is 8.96. The highest BCUT2D eigenvalue weighted by Gasteiger charge is 1.96. The highest BCUT2D eigenvalue weighted by Crippen LogP contribution is 2.22. The van der Waals surface area contributed by atoms with E-state index >= 15 is 0 Å². The zero-order valence-electron chi connectivity index (χ0n) is 8.20. The summed E-state index contributed by atoms with van der Waals surface area (Å²) < 4.78 is 0. The van der Waals surface area contributed by atoms with Gasteiger partial charge in [-0.15, -0.1) is 0 Å². The van der Waals surface area contributed by atoms with Gasteiger partial charge in [0.05, 0.1) is 5.02 Å². The van der Waals surface area contributed by atoms with E-state index in [1.807, 2.05) is 0 Å². The van der Waals surface area contributed by atoms with Crippen LogP contribution in [-0.4, -0.2) is 17.9 Å². The van der Waals surface area contributed by atoms with Crippen LogP contribution in [0.15, 0.2) is 23.2 Å². The van der Waals surface area contributed by atoms with Gasteiger partial charge in [-0.2, -0.15) is 0 Å². The second kappa shape index (κ2) is 5.66. The van der Waals surface area contributed by atoms with Gasteiger partial charge < -0.3 is 5.11 Å². The van der Waals surface area contributed by atoms with E-state index < -0.39 is 0 Å². The van der Waals surface area contributed by atoms with Crippen LogP contribution in [0.1, 0.15) is 25.3 Å². The summed E-state index contributed by atoms with van der Waals surface area (Å²) in [4.78, 5) is 4.24. The lowest BCUT2D eigenvalue weighted by molar-refractivity contribution is 0.475. The van der Waals surface area contributed by atoms with Crippen molar-refractivity contribution >= 4 is 17.8 Å². The van der Waals surface area contributed by atoms with Crippen molar-refractivity contribution in [3.63, 3.8) is 0 Å². The van der Waals surface area contributed by atoms with E-state index in [0.29, 0.717) is 5.02 Å². The Morgan fingerprint density at radius 1 is 1.50 bits per heavy atom. The Bertz CT molecular complexity index is 323. The van der Waals surface area contributed by atoms with Crippen molar-refractivity contribution in [3.8, 4) is 5.75 Å². The van der Waals surface area contributed by atoms with Gasteiger partial charge in [-0.25, -0.2) is 0 Å². The molecule has 0 saturated carbocycles. The number of phenols is 1. The molecule has 0 aromatic heterocycles. The number of benzene rings is 1. The molecule has 0 amide bonds. The van der Waals surface area contributed by atoms with Crippen LogP contribution in [0.3, 0.4) is 0 Å². The molecular weight excluding hydrogens is 198 g/mol. The lowest BCUT2D eigenvalue weighted by atomic mass is 10.2. The van der Waals surface area contributed by atoms with Gasteiger partial charge in [0.25, 0.3) is 0 Å². The van der Waals surface area contributed by atoms with Crippen molar-refractivity contribution in [1.29, 1.82) is 0 Å². The van der Waals surface area contributed by atoms with Crippen molar-refractivity contribution in [2.75, 3.05) is 6.54 Å². The summed E-state index contributed by atoms with van der Waals surface area (Å²) in [5.41, 5.74) is 0.920. The van der Waals surface area contributed by atoms with E-state index in [1.54, 1.807) is 24.4 Å². The van der Waals surface area contributed by atoms with E-state index in [2.05, 4.69) is 11.9 Å². The normalized spacial score (nSPS) is 11.0. The fourth-order valence-electron chi connectivity index (χ4n) is 1.02. The van der Waals surface area contributed by atoms with E-state index in [4.69, 9.17) is 11.6 Å². The smallest absolute Gasteiger partial charge is 0.134 e. The van der Waals surface area contributed by atoms with Gasteiger partial charge in [0, 0.05) is 12.8 Å². The second-order valence-electron chi connectivity index (χ2n) is 3.10. The largest absolute Gasteiger partial charge is 0.506 e. The first-order chi connectivity index (χ1) is 6.74. The van der Waals surface area contributed by atoms with Crippen molar-refractivity contribution in [2.24, 2.45) is 4.99 Å². The molecule has 14 heavy (non-hydrogen) atoms. The number of unbranched alkanes of at least 4 members (excludes halogenated alkanes) is 1. The van der Waals surface area contributed by atoms with Gasteiger partial charge in [0.2, 0.25) is 0 Å². The Labute approximate surface area is 89.2 Å². The monoisotopic (exact) mass is 211 g/mol. The standard InChI is InChI=1S/C11H14ClNO/c1-2-3-6-13-8-9-4-5-11(14)10(12)7-9/h4-5,7-8,14H,2-3,6H2,1H3. The lowest BCUT2D eigenvalue weighted by Gasteiger charge is -1.97. The van der Waals surface area contributed by atoms with E-state index in [9.17, 15) is 5.11 Å². The van der Waals surface area contributed by atoms with Gasteiger partial charge in [-0.05, 0) is 30.2 Å². The zero-order chi connectivity index (χ0) is 10.4. The minimum absolute atomic E-state index is 0.109. The van der Waals surface area contributed by atoms with Gasteiger partial charge in [0.15, 0.2) is 0 Å². The van der Waals surface area contributed by atoms with Crippen LogP contribution in [0.2, 0.25) is 5.02 Å². The fraction of sp³-hybridized carbons (Fsp3) is 0.364. The SMILES string of the molecule is CCCCN=Cc1ccc(O)c(Cl)c1. The fourth-order valence-corrected chi connectivity index (χ4v) is 1.21. The molecule has 0 saturated heterocycles. The molecule has 0 aliphatic carbocycles. The number of nitrogens with zero attached hydrogens (tertiary/aromatic N) is 1. The van der Waals surface area contributed by atoms with Gasteiger partial charge in [-0.1, -0.05) is 24.9 Å². The minimum Gasteiger partial charge on any atom is -0.506 e. The number of aliphatic imine (C=N–C) groups is 1. The maximum Gasteiger partial charge on any atom is 0.134 e. The summed E-state index contributed by atoms with van der Waals surface area (Å²) in [5.74, 6) is 0.109. The molecule has 1 N–H and O–H groups in total. The Kier molecular flexibility index (Phi) is 4.47. The molecule has 0 aliphatic rings. The molecule has 1 aromatic rings. The van der Waals surface area contributed by atoms with Crippen molar-refractivity contribution in [2.45, 2.75) is 19.8 Å². The van der Waals surface area contributed by atoms with Crippen LogP contribution in [0.25, 0.3) is 0 Å². The molecule has 2 nitrogen and oxygen atoms in total. The average molecular weight is 212 g/mol. The summed E-state index contributed by atoms with van der Waals surface area (Å²) in [5, 5.41) is 9.54. The third kappa shape index (κ3) is 3.38. The molecule has 0 spiro atoms. The van der Waals surface area contributed by atoms with Gasteiger partial charge in [0.1, 0.15) is 5.75 Å². The van der Waals surface area contributed by atoms with E-state index in [-0.39, 0.29) is 5.75 Å². The number of aromatic hydroxyl groups is 1. The Balaban J connectivity index is 2.59. The summed E-state index contributed by atoms with van der Waals surface area (Å²) in [7, 11) is 0. The van der Waals surface area contributed by atoms with Crippen LogP contribution in [-0.2, 0) is 0 Å². The van der Waals surface area contributed by atoms with Gasteiger partial charge in [-0.3, -0.25) is 4.99 Å². The first kappa shape index (κ1) is 11.1. The van der Waals surface area contributed by atoms with Crippen molar-refractivity contribution < 1.29 is 5.11 Å². The Morgan fingerprint density at radius 2 is 2.29 bits per heavy atom. The molecule has 0 radical (unpaired) electrons. The van der Waals surface area contributed by atoms with Gasteiger partial charge >= 0.3 is 0 Å². The molecule has 0 aliphatic heterocycles. The summed E-state index contributed by atoms with van der Waals surface area (Å²) >= 11 is 5.74. The third-order valence-electron chi connectivity index (χ3n) is 1.85. The number of hydrogen-bond donors (Lipinski definition) is 1. The maximum atomic E-state index is 9.18. The molecule has 0 bridgehead atoms. The molecule has 1 aromatic carbocycles. The molecule has 3 heteroatoms. The molecule has 0 unspecified atom stereocenters. The van der Waals surface area contributed by atoms with E-state index in [0.717, 1.165) is 24.9 Å². The van der Waals surface area contributed by atoms with E-state index in [1.165, 1.54) is 0 Å². The minimum atomic E-state index is 0.109.